The maximum absolute atomic E-state index is 13.2. The Bertz CT molecular complexity index is 592. The highest BCUT2D eigenvalue weighted by molar-refractivity contribution is 7.18. The number of carbonyl (C=O) groups excluding carboxylic acids is 1. The standard InChI is InChI=1S/C12H7Cl2FOS/c1-6-4-7(8(13)5-9(6)15)12(16)10-2-3-11(14)17-10/h2-5H,1H3. The van der Waals surface area contributed by atoms with Crippen LogP contribution in [0, 0.1) is 12.7 Å². The molecule has 0 saturated carbocycles. The zero-order valence-electron chi connectivity index (χ0n) is 8.76. The van der Waals surface area contributed by atoms with Crippen LogP contribution in [0.4, 0.5) is 4.39 Å². The van der Waals surface area contributed by atoms with Crippen LogP contribution >= 0.6 is 34.5 Å². The van der Waals surface area contributed by atoms with Crippen LogP contribution in [0.3, 0.4) is 0 Å². The van der Waals surface area contributed by atoms with Gasteiger partial charge in [-0.05, 0) is 36.8 Å². The molecule has 88 valence electrons. The summed E-state index contributed by atoms with van der Waals surface area (Å²) in [6.07, 6.45) is 0. The zero-order valence-corrected chi connectivity index (χ0v) is 11.1. The lowest BCUT2D eigenvalue weighted by molar-refractivity contribution is 0.104. The van der Waals surface area contributed by atoms with Crippen molar-refractivity contribution in [1.29, 1.82) is 0 Å². The smallest absolute Gasteiger partial charge is 0.204 e. The lowest BCUT2D eigenvalue weighted by Gasteiger charge is -2.04. The molecule has 0 saturated heterocycles. The van der Waals surface area contributed by atoms with Crippen molar-refractivity contribution in [1.82, 2.24) is 0 Å². The summed E-state index contributed by atoms with van der Waals surface area (Å²) in [5, 5.41) is 0.114. The van der Waals surface area contributed by atoms with Gasteiger partial charge in [0.25, 0.3) is 0 Å². The summed E-state index contributed by atoms with van der Waals surface area (Å²) >= 11 is 12.8. The van der Waals surface area contributed by atoms with E-state index in [4.69, 9.17) is 23.2 Å². The summed E-state index contributed by atoms with van der Waals surface area (Å²) in [6, 6.07) is 5.88. The lowest BCUT2D eigenvalue weighted by Crippen LogP contribution is -2.01. The van der Waals surface area contributed by atoms with E-state index in [2.05, 4.69) is 0 Å². The van der Waals surface area contributed by atoms with E-state index in [0.717, 1.165) is 6.07 Å². The first-order chi connectivity index (χ1) is 7.99. The summed E-state index contributed by atoms with van der Waals surface area (Å²) in [5.74, 6) is -0.661. The van der Waals surface area contributed by atoms with Crippen molar-refractivity contribution in [3.8, 4) is 0 Å². The molecule has 0 amide bonds. The molecule has 0 aliphatic carbocycles. The van der Waals surface area contributed by atoms with Crippen molar-refractivity contribution in [3.63, 3.8) is 0 Å². The van der Waals surface area contributed by atoms with Crippen molar-refractivity contribution >= 4 is 40.3 Å². The molecule has 0 radical (unpaired) electrons. The van der Waals surface area contributed by atoms with E-state index < -0.39 is 5.82 Å². The van der Waals surface area contributed by atoms with Crippen molar-refractivity contribution in [2.24, 2.45) is 0 Å². The molecule has 0 atom stereocenters. The molecule has 17 heavy (non-hydrogen) atoms. The summed E-state index contributed by atoms with van der Waals surface area (Å²) < 4.78 is 13.7. The van der Waals surface area contributed by atoms with Gasteiger partial charge in [-0.25, -0.2) is 4.39 Å². The fraction of sp³-hybridized carbons (Fsp3) is 0.0833. The number of carbonyl (C=O) groups is 1. The van der Waals surface area contributed by atoms with Gasteiger partial charge >= 0.3 is 0 Å². The van der Waals surface area contributed by atoms with E-state index in [-0.39, 0.29) is 10.8 Å². The Kier molecular flexibility index (Phi) is 3.52. The molecule has 5 heteroatoms. The number of rotatable bonds is 2. The second-order valence-electron chi connectivity index (χ2n) is 3.51. The number of hydrogen-bond acceptors (Lipinski definition) is 2. The predicted molar refractivity (Wildman–Crippen MR) is 68.9 cm³/mol. The maximum atomic E-state index is 13.2. The molecule has 0 bridgehead atoms. The van der Waals surface area contributed by atoms with Crippen LogP contribution in [0.15, 0.2) is 24.3 Å². The SMILES string of the molecule is Cc1cc(C(=O)c2ccc(Cl)s2)c(Cl)cc1F. The Morgan fingerprint density at radius 3 is 2.59 bits per heavy atom. The fourth-order valence-corrected chi connectivity index (χ4v) is 2.63. The summed E-state index contributed by atoms with van der Waals surface area (Å²) in [4.78, 5) is 12.6. The van der Waals surface area contributed by atoms with Crippen LogP contribution < -0.4 is 0 Å². The first kappa shape index (κ1) is 12.6. The Labute approximate surface area is 112 Å². The molecular weight excluding hydrogens is 282 g/mol. The van der Waals surface area contributed by atoms with Crippen LogP contribution in [0.2, 0.25) is 9.36 Å². The first-order valence-corrected chi connectivity index (χ1v) is 6.32. The average Bonchev–Trinajstić information content (AvgIpc) is 2.69. The predicted octanol–water partition coefficient (Wildman–Crippen LogP) is 4.73. The van der Waals surface area contributed by atoms with Gasteiger partial charge < -0.3 is 0 Å². The van der Waals surface area contributed by atoms with Crippen LogP contribution in [-0.2, 0) is 0 Å². The second-order valence-corrected chi connectivity index (χ2v) is 5.64. The Hall–Kier alpha value is -0.900. The normalized spacial score (nSPS) is 10.6. The van der Waals surface area contributed by atoms with Crippen LogP contribution in [-0.4, -0.2) is 5.78 Å². The monoisotopic (exact) mass is 288 g/mol. The van der Waals surface area contributed by atoms with Crippen molar-refractivity contribution < 1.29 is 9.18 Å². The van der Waals surface area contributed by atoms with Gasteiger partial charge in [-0.2, -0.15) is 0 Å². The Morgan fingerprint density at radius 2 is 2.00 bits per heavy atom. The van der Waals surface area contributed by atoms with Crippen LogP contribution in [0.1, 0.15) is 20.8 Å². The van der Waals surface area contributed by atoms with Gasteiger partial charge in [-0.15, -0.1) is 11.3 Å². The number of hydrogen-bond donors (Lipinski definition) is 0. The zero-order chi connectivity index (χ0) is 12.6. The molecule has 1 heterocycles. The largest absolute Gasteiger partial charge is 0.288 e. The minimum absolute atomic E-state index is 0.114. The second kappa shape index (κ2) is 4.77. The number of benzene rings is 1. The van der Waals surface area contributed by atoms with Crippen molar-refractivity contribution in [3.05, 3.63) is 55.4 Å². The molecule has 0 aliphatic rings. The average molecular weight is 289 g/mol. The third-order valence-electron chi connectivity index (χ3n) is 2.29. The first-order valence-electron chi connectivity index (χ1n) is 4.74. The van der Waals surface area contributed by atoms with Gasteiger partial charge in [0.05, 0.1) is 14.2 Å². The fourth-order valence-electron chi connectivity index (χ4n) is 1.40. The Balaban J connectivity index is 2.47. The van der Waals surface area contributed by atoms with Crippen molar-refractivity contribution in [2.75, 3.05) is 0 Å². The summed E-state index contributed by atoms with van der Waals surface area (Å²) in [5.41, 5.74) is 0.685. The highest BCUT2D eigenvalue weighted by atomic mass is 35.5. The molecular formula is C12H7Cl2FOS. The third-order valence-corrected chi connectivity index (χ3v) is 3.83. The van der Waals surface area contributed by atoms with E-state index in [1.165, 1.54) is 17.4 Å². The maximum Gasteiger partial charge on any atom is 0.204 e. The molecule has 2 aromatic rings. The van der Waals surface area contributed by atoms with E-state index in [9.17, 15) is 9.18 Å². The van der Waals surface area contributed by atoms with Gasteiger partial charge in [0, 0.05) is 5.56 Å². The van der Waals surface area contributed by atoms with Gasteiger partial charge in [0.15, 0.2) is 0 Å². The number of thiophene rings is 1. The van der Waals surface area contributed by atoms with Gasteiger partial charge in [0.1, 0.15) is 5.82 Å². The molecule has 0 aliphatic heterocycles. The quantitative estimate of drug-likeness (QED) is 0.730. The van der Waals surface area contributed by atoms with E-state index >= 15 is 0 Å². The van der Waals surface area contributed by atoms with Crippen molar-refractivity contribution in [2.45, 2.75) is 6.92 Å². The van der Waals surface area contributed by atoms with E-state index in [0.29, 0.717) is 20.3 Å². The minimum atomic E-state index is -0.421. The topological polar surface area (TPSA) is 17.1 Å². The van der Waals surface area contributed by atoms with Gasteiger partial charge in [-0.3, -0.25) is 4.79 Å². The number of aryl methyl sites for hydroxylation is 1. The highest BCUT2D eigenvalue weighted by Crippen LogP contribution is 2.28. The van der Waals surface area contributed by atoms with Crippen LogP contribution in [0.25, 0.3) is 0 Å². The highest BCUT2D eigenvalue weighted by Gasteiger charge is 2.16. The minimum Gasteiger partial charge on any atom is -0.288 e. The van der Waals surface area contributed by atoms with Crippen LogP contribution in [0.5, 0.6) is 0 Å². The molecule has 1 aromatic heterocycles. The van der Waals surface area contributed by atoms with E-state index in [1.54, 1.807) is 19.1 Å². The molecule has 0 N–H and O–H groups in total. The molecule has 1 aromatic carbocycles. The molecule has 1 nitrogen and oxygen atoms in total. The summed E-state index contributed by atoms with van der Waals surface area (Å²) in [6.45, 7) is 1.59. The Morgan fingerprint density at radius 1 is 1.29 bits per heavy atom. The third kappa shape index (κ3) is 2.51. The number of halogens is 3. The number of ketones is 1. The molecule has 0 unspecified atom stereocenters. The molecule has 0 spiro atoms. The molecule has 2 rings (SSSR count). The lowest BCUT2D eigenvalue weighted by atomic mass is 10.1. The summed E-state index contributed by atoms with van der Waals surface area (Å²) in [7, 11) is 0. The van der Waals surface area contributed by atoms with Gasteiger partial charge in [-0.1, -0.05) is 23.2 Å². The molecule has 0 fully saturated rings. The van der Waals surface area contributed by atoms with Gasteiger partial charge in [0.2, 0.25) is 5.78 Å². The van der Waals surface area contributed by atoms with E-state index in [1.807, 2.05) is 0 Å².